The molecule has 0 amide bonds. The normalized spacial score (nSPS) is 10.2. The molecule has 0 fully saturated rings. The van der Waals surface area contributed by atoms with E-state index in [-0.39, 0.29) is 28.4 Å². The van der Waals surface area contributed by atoms with E-state index in [9.17, 15) is 10.1 Å². The van der Waals surface area contributed by atoms with Gasteiger partial charge in [-0.25, -0.2) is 4.98 Å². The Hall–Kier alpha value is -2.41. The molecule has 0 spiro atoms. The zero-order valence-corrected chi connectivity index (χ0v) is 10.6. The highest BCUT2D eigenvalue weighted by Crippen LogP contribution is 2.34. The number of aryl methyl sites for hydroxylation is 1. The number of rotatable bonds is 3. The maximum absolute atomic E-state index is 10.9. The van der Waals surface area contributed by atoms with Crippen molar-refractivity contribution in [2.45, 2.75) is 6.92 Å². The molecule has 0 atom stereocenters. The fraction of sp³-hybridized carbons (Fsp3) is 0.0909. The number of nitro groups is 1. The Kier molecular flexibility index (Phi) is 3.48. The van der Waals surface area contributed by atoms with Gasteiger partial charge in [0.2, 0.25) is 17.6 Å². The van der Waals surface area contributed by atoms with Crippen molar-refractivity contribution in [3.05, 3.63) is 45.1 Å². The summed E-state index contributed by atoms with van der Waals surface area (Å²) in [6.07, 6.45) is 0. The smallest absolute Gasteiger partial charge is 0.311 e. The third-order valence-electron chi connectivity index (χ3n) is 2.28. The molecule has 0 aliphatic rings. The molecule has 2 N–H and O–H groups in total. The molecular weight excluding hydrogens is 272 g/mol. The van der Waals surface area contributed by atoms with Crippen LogP contribution in [0, 0.1) is 17.0 Å². The van der Waals surface area contributed by atoms with Gasteiger partial charge in [0.05, 0.1) is 4.92 Å². The Morgan fingerprint density at radius 2 is 2.16 bits per heavy atom. The molecule has 1 aromatic carbocycles. The third kappa shape index (κ3) is 2.89. The van der Waals surface area contributed by atoms with Crippen LogP contribution in [0.1, 0.15) is 5.56 Å². The van der Waals surface area contributed by atoms with E-state index in [1.807, 2.05) is 0 Å². The summed E-state index contributed by atoms with van der Waals surface area (Å²) in [5, 5.41) is 11.0. The molecule has 19 heavy (non-hydrogen) atoms. The molecule has 0 saturated carbocycles. The lowest BCUT2D eigenvalue weighted by Gasteiger charge is -2.08. The Labute approximate surface area is 113 Å². The lowest BCUT2D eigenvalue weighted by atomic mass is 10.2. The van der Waals surface area contributed by atoms with Crippen LogP contribution in [-0.4, -0.2) is 14.9 Å². The molecule has 0 unspecified atom stereocenters. The first-order valence-electron chi connectivity index (χ1n) is 5.19. The molecule has 1 heterocycles. The summed E-state index contributed by atoms with van der Waals surface area (Å²) in [6, 6.07) is 5.93. The Balaban J connectivity index is 2.45. The molecule has 0 bridgehead atoms. The summed E-state index contributed by atoms with van der Waals surface area (Å²) >= 11 is 5.71. The van der Waals surface area contributed by atoms with Gasteiger partial charge in [0.15, 0.2) is 0 Å². The standard InChI is InChI=1S/C11H9ClN4O3/c1-6-3-2-4-7(16(17)18)10(6)19-9-5-8(12)14-11(13)15-9/h2-5H,1H3,(H2,13,14,15). The van der Waals surface area contributed by atoms with E-state index in [4.69, 9.17) is 22.1 Å². The second kappa shape index (κ2) is 5.07. The molecule has 2 rings (SSSR count). The number of benzene rings is 1. The first kappa shape index (κ1) is 13.0. The van der Waals surface area contributed by atoms with E-state index < -0.39 is 4.92 Å². The minimum atomic E-state index is -0.533. The number of para-hydroxylation sites is 1. The Morgan fingerprint density at radius 3 is 2.79 bits per heavy atom. The van der Waals surface area contributed by atoms with Crippen LogP contribution < -0.4 is 10.5 Å². The first-order valence-corrected chi connectivity index (χ1v) is 5.57. The van der Waals surface area contributed by atoms with E-state index >= 15 is 0 Å². The van der Waals surface area contributed by atoms with Crippen LogP contribution in [0.5, 0.6) is 11.6 Å². The zero-order chi connectivity index (χ0) is 14.0. The third-order valence-corrected chi connectivity index (χ3v) is 2.48. The summed E-state index contributed by atoms with van der Waals surface area (Å²) < 4.78 is 5.41. The number of anilines is 1. The summed E-state index contributed by atoms with van der Waals surface area (Å²) in [7, 11) is 0. The number of nitrogen functional groups attached to an aromatic ring is 1. The van der Waals surface area contributed by atoms with Gasteiger partial charge in [0.1, 0.15) is 5.15 Å². The summed E-state index contributed by atoms with van der Waals surface area (Å²) in [5.74, 6) is 0.0790. The predicted molar refractivity (Wildman–Crippen MR) is 69.4 cm³/mol. The van der Waals surface area contributed by atoms with E-state index in [0.29, 0.717) is 5.56 Å². The fourth-order valence-corrected chi connectivity index (χ4v) is 1.66. The maximum Gasteiger partial charge on any atom is 0.311 e. The van der Waals surface area contributed by atoms with Crippen LogP contribution in [0.2, 0.25) is 5.15 Å². The molecule has 0 radical (unpaired) electrons. The predicted octanol–water partition coefficient (Wildman–Crippen LogP) is 2.72. The molecule has 98 valence electrons. The van der Waals surface area contributed by atoms with Gasteiger partial charge in [-0.2, -0.15) is 4.98 Å². The van der Waals surface area contributed by atoms with Gasteiger partial charge in [0, 0.05) is 12.1 Å². The van der Waals surface area contributed by atoms with Crippen molar-refractivity contribution in [3.63, 3.8) is 0 Å². The highest BCUT2D eigenvalue weighted by atomic mass is 35.5. The van der Waals surface area contributed by atoms with E-state index in [0.717, 1.165) is 0 Å². The lowest BCUT2D eigenvalue weighted by molar-refractivity contribution is -0.385. The SMILES string of the molecule is Cc1cccc([N+](=O)[O-])c1Oc1cc(Cl)nc(N)n1. The van der Waals surface area contributed by atoms with Crippen LogP contribution in [0.15, 0.2) is 24.3 Å². The monoisotopic (exact) mass is 280 g/mol. The maximum atomic E-state index is 10.9. The van der Waals surface area contributed by atoms with Crippen molar-refractivity contribution in [2.75, 3.05) is 5.73 Å². The van der Waals surface area contributed by atoms with E-state index in [1.165, 1.54) is 12.1 Å². The van der Waals surface area contributed by atoms with Crippen molar-refractivity contribution < 1.29 is 9.66 Å². The van der Waals surface area contributed by atoms with Gasteiger partial charge in [-0.05, 0) is 12.5 Å². The van der Waals surface area contributed by atoms with Crippen LogP contribution in [-0.2, 0) is 0 Å². The molecule has 7 nitrogen and oxygen atoms in total. The Bertz CT molecular complexity index is 628. The van der Waals surface area contributed by atoms with Gasteiger partial charge >= 0.3 is 5.69 Å². The molecule has 0 aliphatic heterocycles. The largest absolute Gasteiger partial charge is 0.431 e. The van der Waals surface area contributed by atoms with Gasteiger partial charge < -0.3 is 10.5 Å². The van der Waals surface area contributed by atoms with Crippen LogP contribution in [0.4, 0.5) is 11.6 Å². The highest BCUT2D eigenvalue weighted by Gasteiger charge is 2.18. The second-order valence-corrected chi connectivity index (χ2v) is 4.06. The lowest BCUT2D eigenvalue weighted by Crippen LogP contribution is -2.00. The number of hydrogen-bond donors (Lipinski definition) is 1. The van der Waals surface area contributed by atoms with Crippen LogP contribution >= 0.6 is 11.6 Å². The fourth-order valence-electron chi connectivity index (χ4n) is 1.48. The number of ether oxygens (including phenoxy) is 1. The summed E-state index contributed by atoms with van der Waals surface area (Å²) in [5.41, 5.74) is 5.87. The van der Waals surface area contributed by atoms with Crippen LogP contribution in [0.25, 0.3) is 0 Å². The molecule has 0 saturated heterocycles. The number of aromatic nitrogens is 2. The van der Waals surface area contributed by atoms with Crippen molar-refractivity contribution in [1.82, 2.24) is 9.97 Å². The van der Waals surface area contributed by atoms with Gasteiger partial charge in [0.25, 0.3) is 0 Å². The molecule has 8 heteroatoms. The van der Waals surface area contributed by atoms with Crippen molar-refractivity contribution >= 4 is 23.2 Å². The average molecular weight is 281 g/mol. The molecule has 1 aromatic heterocycles. The topological polar surface area (TPSA) is 104 Å². The van der Waals surface area contributed by atoms with Gasteiger partial charge in [-0.15, -0.1) is 0 Å². The van der Waals surface area contributed by atoms with E-state index in [2.05, 4.69) is 9.97 Å². The summed E-state index contributed by atoms with van der Waals surface area (Å²) in [4.78, 5) is 17.9. The van der Waals surface area contributed by atoms with Gasteiger partial charge in [-0.1, -0.05) is 23.7 Å². The first-order chi connectivity index (χ1) is 8.97. The van der Waals surface area contributed by atoms with Crippen molar-refractivity contribution in [2.24, 2.45) is 0 Å². The average Bonchev–Trinajstić information content (AvgIpc) is 2.30. The zero-order valence-electron chi connectivity index (χ0n) is 9.83. The molecule has 2 aromatic rings. The Morgan fingerprint density at radius 1 is 1.42 bits per heavy atom. The quantitative estimate of drug-likeness (QED) is 0.526. The second-order valence-electron chi connectivity index (χ2n) is 3.67. The minimum Gasteiger partial charge on any atom is -0.431 e. The number of nitro benzene ring substituents is 1. The number of halogens is 1. The van der Waals surface area contributed by atoms with Gasteiger partial charge in [-0.3, -0.25) is 10.1 Å². The van der Waals surface area contributed by atoms with Crippen molar-refractivity contribution in [3.8, 4) is 11.6 Å². The van der Waals surface area contributed by atoms with Crippen LogP contribution in [0.3, 0.4) is 0 Å². The number of hydrogen-bond acceptors (Lipinski definition) is 6. The molecular formula is C11H9ClN4O3. The highest BCUT2D eigenvalue weighted by molar-refractivity contribution is 6.29. The summed E-state index contributed by atoms with van der Waals surface area (Å²) in [6.45, 7) is 1.69. The molecule has 0 aliphatic carbocycles. The number of nitrogens with zero attached hydrogens (tertiary/aromatic N) is 3. The van der Waals surface area contributed by atoms with E-state index in [1.54, 1.807) is 19.1 Å². The number of nitrogens with two attached hydrogens (primary N) is 1. The minimum absolute atomic E-state index is 0.0508. The van der Waals surface area contributed by atoms with Crippen molar-refractivity contribution in [1.29, 1.82) is 0 Å².